The minimum absolute atomic E-state index is 0.164. The zero-order valence-corrected chi connectivity index (χ0v) is 20.1. The maximum atomic E-state index is 13.4. The zero-order chi connectivity index (χ0) is 24.9. The number of carbonyl (C=O) groups excluding carboxylic acids is 1. The summed E-state index contributed by atoms with van der Waals surface area (Å²) >= 11 is 0. The maximum Gasteiger partial charge on any atom is 0.404 e. The summed E-state index contributed by atoms with van der Waals surface area (Å²) in [7, 11) is -3.87. The highest BCUT2D eigenvalue weighted by Crippen LogP contribution is 2.31. The first-order valence-electron chi connectivity index (χ1n) is 11.3. The number of hydrogen-bond acceptors (Lipinski definition) is 8. The molecule has 0 bridgehead atoms. The second kappa shape index (κ2) is 8.54. The van der Waals surface area contributed by atoms with E-state index in [1.54, 1.807) is 37.3 Å². The van der Waals surface area contributed by atoms with Gasteiger partial charge in [0.15, 0.2) is 11.5 Å². The molecule has 3 aromatic heterocycles. The SMILES string of the molecule is Cc1ccc(S(=O)(=O)n2ccc3c2ncc2nc(C(C)O)n(N4CCC(OC(N)=O)CC4)c23)cc1. The van der Waals surface area contributed by atoms with Crippen LogP contribution in [-0.4, -0.2) is 57.4 Å². The number of aliphatic hydroxyl groups is 1. The fourth-order valence-electron chi connectivity index (χ4n) is 4.53. The van der Waals surface area contributed by atoms with Crippen LogP contribution in [0.5, 0.6) is 0 Å². The molecule has 1 fully saturated rings. The lowest BCUT2D eigenvalue weighted by molar-refractivity contribution is 0.0873. The van der Waals surface area contributed by atoms with E-state index in [0.29, 0.717) is 48.2 Å². The van der Waals surface area contributed by atoms with Crippen molar-refractivity contribution >= 4 is 38.2 Å². The first-order chi connectivity index (χ1) is 16.7. The number of aromatic nitrogens is 4. The molecule has 1 saturated heterocycles. The van der Waals surface area contributed by atoms with Crippen molar-refractivity contribution in [3.05, 3.63) is 54.1 Å². The highest BCUT2D eigenvalue weighted by molar-refractivity contribution is 7.90. The molecule has 0 spiro atoms. The Balaban J connectivity index is 1.63. The number of aryl methyl sites for hydroxylation is 1. The van der Waals surface area contributed by atoms with Crippen molar-refractivity contribution in [1.82, 2.24) is 18.6 Å². The standard InChI is InChI=1S/C23H26N6O5S/c1-14-3-5-17(6-4-14)35(32,33)28-12-9-18-20-19(13-25-22(18)28)26-21(15(2)30)29(20)27-10-7-16(8-11-27)34-23(24)31/h3-6,9,12-13,15-16,30H,7-8,10-11H2,1-2H3,(H2,24,31). The molecule has 12 heteroatoms. The predicted octanol–water partition coefficient (Wildman–Crippen LogP) is 2.18. The van der Waals surface area contributed by atoms with Gasteiger partial charge in [-0.25, -0.2) is 31.8 Å². The third-order valence-electron chi connectivity index (χ3n) is 6.23. The molecule has 1 unspecified atom stereocenters. The molecule has 1 aliphatic heterocycles. The van der Waals surface area contributed by atoms with E-state index in [9.17, 15) is 18.3 Å². The Morgan fingerprint density at radius 2 is 1.89 bits per heavy atom. The van der Waals surface area contributed by atoms with Crippen LogP contribution in [0.4, 0.5) is 4.79 Å². The van der Waals surface area contributed by atoms with Gasteiger partial charge in [0, 0.05) is 37.5 Å². The Labute approximate surface area is 201 Å². The third-order valence-corrected chi connectivity index (χ3v) is 7.91. The van der Waals surface area contributed by atoms with Gasteiger partial charge in [0.05, 0.1) is 11.1 Å². The van der Waals surface area contributed by atoms with Crippen molar-refractivity contribution in [1.29, 1.82) is 0 Å². The second-order valence-corrected chi connectivity index (χ2v) is 10.5. The van der Waals surface area contributed by atoms with Crippen LogP contribution < -0.4 is 10.7 Å². The van der Waals surface area contributed by atoms with Crippen LogP contribution >= 0.6 is 0 Å². The molecule has 0 aliphatic carbocycles. The van der Waals surface area contributed by atoms with Gasteiger partial charge < -0.3 is 20.6 Å². The number of nitrogens with two attached hydrogens (primary N) is 1. The summed E-state index contributed by atoms with van der Waals surface area (Å²) < 4.78 is 34.9. The van der Waals surface area contributed by atoms with Gasteiger partial charge in [-0.2, -0.15) is 0 Å². The molecule has 1 amide bonds. The number of imidazole rings is 1. The van der Waals surface area contributed by atoms with E-state index in [2.05, 4.69) is 9.97 Å². The van der Waals surface area contributed by atoms with Crippen molar-refractivity contribution in [3.8, 4) is 0 Å². The smallest absolute Gasteiger partial charge is 0.404 e. The van der Waals surface area contributed by atoms with Crippen LogP contribution in [-0.2, 0) is 14.8 Å². The van der Waals surface area contributed by atoms with Crippen LogP contribution in [0, 0.1) is 6.92 Å². The number of ether oxygens (including phenoxy) is 1. The molecular weight excluding hydrogens is 472 g/mol. The molecule has 0 radical (unpaired) electrons. The van der Waals surface area contributed by atoms with Crippen molar-refractivity contribution in [2.45, 2.75) is 43.8 Å². The molecule has 35 heavy (non-hydrogen) atoms. The van der Waals surface area contributed by atoms with Crippen molar-refractivity contribution in [2.24, 2.45) is 5.73 Å². The van der Waals surface area contributed by atoms with Gasteiger partial charge in [0.1, 0.15) is 23.2 Å². The molecule has 5 rings (SSSR count). The summed E-state index contributed by atoms with van der Waals surface area (Å²) in [6.07, 6.45) is 2.15. The van der Waals surface area contributed by atoms with E-state index in [4.69, 9.17) is 10.5 Å². The average molecular weight is 499 g/mol. The number of hydrogen-bond donors (Lipinski definition) is 2. The van der Waals surface area contributed by atoms with Gasteiger partial charge in [-0.3, -0.25) is 0 Å². The Morgan fingerprint density at radius 1 is 1.20 bits per heavy atom. The molecule has 184 valence electrons. The largest absolute Gasteiger partial charge is 0.446 e. The minimum atomic E-state index is -3.87. The van der Waals surface area contributed by atoms with Gasteiger partial charge in [0.25, 0.3) is 10.0 Å². The summed E-state index contributed by atoms with van der Waals surface area (Å²) in [6, 6.07) is 8.34. The van der Waals surface area contributed by atoms with E-state index in [1.165, 1.54) is 16.4 Å². The molecule has 1 aromatic carbocycles. The van der Waals surface area contributed by atoms with E-state index < -0.39 is 22.2 Å². The Bertz CT molecular complexity index is 1520. The number of pyridine rings is 1. The zero-order valence-electron chi connectivity index (χ0n) is 19.3. The first-order valence-corrected chi connectivity index (χ1v) is 12.7. The maximum absolute atomic E-state index is 13.4. The molecule has 3 N–H and O–H groups in total. The van der Waals surface area contributed by atoms with Crippen molar-refractivity contribution in [3.63, 3.8) is 0 Å². The third kappa shape index (κ3) is 3.98. The van der Waals surface area contributed by atoms with Crippen LogP contribution in [0.3, 0.4) is 0 Å². The number of fused-ring (bicyclic) bond motifs is 3. The lowest BCUT2D eigenvalue weighted by Gasteiger charge is -2.35. The van der Waals surface area contributed by atoms with E-state index in [-0.39, 0.29) is 16.6 Å². The van der Waals surface area contributed by atoms with Gasteiger partial charge in [-0.15, -0.1) is 0 Å². The Morgan fingerprint density at radius 3 is 2.51 bits per heavy atom. The number of carbonyl (C=O) groups is 1. The fraction of sp³-hybridized carbons (Fsp3) is 0.348. The van der Waals surface area contributed by atoms with Gasteiger partial charge in [-0.05, 0) is 32.0 Å². The summed E-state index contributed by atoms with van der Waals surface area (Å²) in [5, 5.41) is 13.1. The average Bonchev–Trinajstić information content (AvgIpc) is 3.41. The molecule has 4 aromatic rings. The highest BCUT2D eigenvalue weighted by Gasteiger charge is 2.28. The number of amides is 1. The molecule has 4 heterocycles. The van der Waals surface area contributed by atoms with Crippen LogP contribution in [0.1, 0.15) is 37.3 Å². The Hall–Kier alpha value is -3.64. The molecule has 1 aliphatic rings. The summed E-state index contributed by atoms with van der Waals surface area (Å²) in [4.78, 5) is 20.3. The lowest BCUT2D eigenvalue weighted by Crippen LogP contribution is -2.45. The van der Waals surface area contributed by atoms with Crippen molar-refractivity contribution < 1.29 is 23.1 Å². The van der Waals surface area contributed by atoms with Crippen LogP contribution in [0.15, 0.2) is 47.6 Å². The van der Waals surface area contributed by atoms with Crippen molar-refractivity contribution in [2.75, 3.05) is 18.1 Å². The minimum Gasteiger partial charge on any atom is -0.446 e. The Kier molecular flexibility index (Phi) is 5.64. The van der Waals surface area contributed by atoms with E-state index in [0.717, 1.165) is 5.56 Å². The monoisotopic (exact) mass is 498 g/mol. The topological polar surface area (TPSA) is 146 Å². The normalized spacial score (nSPS) is 16.1. The lowest BCUT2D eigenvalue weighted by atomic mass is 10.1. The van der Waals surface area contributed by atoms with Gasteiger partial charge in [-0.1, -0.05) is 17.7 Å². The van der Waals surface area contributed by atoms with Gasteiger partial charge in [0.2, 0.25) is 0 Å². The first kappa shape index (κ1) is 23.1. The second-order valence-electron chi connectivity index (χ2n) is 8.71. The van der Waals surface area contributed by atoms with E-state index in [1.807, 2.05) is 16.6 Å². The number of piperidine rings is 1. The summed E-state index contributed by atoms with van der Waals surface area (Å²) in [6.45, 7) is 4.56. The highest BCUT2D eigenvalue weighted by atomic mass is 32.2. The fourth-order valence-corrected chi connectivity index (χ4v) is 5.83. The molecule has 11 nitrogen and oxygen atoms in total. The number of aliphatic hydroxyl groups excluding tert-OH is 1. The van der Waals surface area contributed by atoms with Crippen LogP contribution in [0.25, 0.3) is 22.1 Å². The summed E-state index contributed by atoms with van der Waals surface area (Å²) in [5.41, 5.74) is 7.57. The van der Waals surface area contributed by atoms with Crippen LogP contribution in [0.2, 0.25) is 0 Å². The van der Waals surface area contributed by atoms with E-state index >= 15 is 0 Å². The number of benzene rings is 1. The molecular formula is C23H26N6O5S. The molecule has 1 atom stereocenters. The summed E-state index contributed by atoms with van der Waals surface area (Å²) in [5.74, 6) is 0.415. The van der Waals surface area contributed by atoms with Gasteiger partial charge >= 0.3 is 6.09 Å². The number of rotatable bonds is 5. The number of primary amides is 1. The molecule has 0 saturated carbocycles. The quantitative estimate of drug-likeness (QED) is 0.426. The number of nitrogens with zero attached hydrogens (tertiary/aromatic N) is 5. The predicted molar refractivity (Wildman–Crippen MR) is 129 cm³/mol.